The minimum absolute atomic E-state index is 0.0109. The molecular formula is C27H38N7O10P. The van der Waals surface area contributed by atoms with E-state index < -0.39 is 56.4 Å². The molecule has 2 aromatic heterocycles. The van der Waals surface area contributed by atoms with E-state index >= 15 is 0 Å². The van der Waals surface area contributed by atoms with Crippen LogP contribution in [0.25, 0.3) is 11.2 Å². The number of ether oxygens (including phenoxy) is 3. The van der Waals surface area contributed by atoms with Crippen LogP contribution in [-0.2, 0) is 39.3 Å². The lowest BCUT2D eigenvalue weighted by Gasteiger charge is -2.27. The highest BCUT2D eigenvalue weighted by Crippen LogP contribution is 2.48. The predicted molar refractivity (Wildman–Crippen MR) is 160 cm³/mol. The molecule has 3 heterocycles. The van der Waals surface area contributed by atoms with E-state index in [0.717, 1.165) is 0 Å². The van der Waals surface area contributed by atoms with E-state index in [1.54, 1.807) is 32.0 Å². The van der Waals surface area contributed by atoms with Crippen LogP contribution >= 0.6 is 7.75 Å². The second kappa shape index (κ2) is 14.1. The van der Waals surface area contributed by atoms with Crippen LogP contribution < -0.4 is 21.1 Å². The lowest BCUT2D eigenvalue weighted by atomic mass is 9.96. The quantitative estimate of drug-likeness (QED) is 0.122. The summed E-state index contributed by atoms with van der Waals surface area (Å²) in [5, 5.41) is 24.9. The summed E-state index contributed by atoms with van der Waals surface area (Å²) in [7, 11) is -4.43. The number of esters is 2. The van der Waals surface area contributed by atoms with Crippen molar-refractivity contribution in [1.29, 1.82) is 0 Å². The van der Waals surface area contributed by atoms with Gasteiger partial charge in [0.1, 0.15) is 35.1 Å². The molecule has 0 radical (unpaired) electrons. The molecule has 0 amide bonds. The first kappa shape index (κ1) is 34.0. The Bertz CT molecular complexity index is 1570. The number of benzene rings is 1. The van der Waals surface area contributed by atoms with E-state index in [1.807, 2.05) is 0 Å². The highest BCUT2D eigenvalue weighted by Gasteiger charge is 2.54. The Labute approximate surface area is 258 Å². The number of nitrogens with two attached hydrogens (primary N) is 2. The summed E-state index contributed by atoms with van der Waals surface area (Å²) >= 11 is 0. The first-order chi connectivity index (χ1) is 21.3. The number of para-hydroxylation sites is 1. The number of imidazole rings is 1. The van der Waals surface area contributed by atoms with Crippen molar-refractivity contribution in [3.05, 3.63) is 36.2 Å². The number of carbonyl (C=O) groups is 2. The van der Waals surface area contributed by atoms with Crippen LogP contribution in [0.15, 0.2) is 30.6 Å². The molecule has 1 aliphatic heterocycles. The summed E-state index contributed by atoms with van der Waals surface area (Å²) in [5.74, 6) is -1.14. The van der Waals surface area contributed by atoms with Gasteiger partial charge in [0.2, 0.25) is 5.95 Å². The standard InChI is InChI=1S/C27H38N7O10P/c1-5-40-19(35)12-11-16-9-7-8-10-17(16)44-45(39,33-15(3)24(37)41-6-2)42-13-18-21(36)27(4,38)25(43-18)34-14-30-20-22(28)31-26(29)32-23(20)34/h7-10,14-15,18,21,25,36,38H,5-6,11-13H2,1-4H3,(H,33,39)(H4,28,29,31,32)/t15-,18+,21-,25+,27-,45?/m0/s1. The molecule has 1 fully saturated rings. The second-order valence-corrected chi connectivity index (χ2v) is 12.1. The van der Waals surface area contributed by atoms with E-state index in [-0.39, 0.29) is 54.7 Å². The van der Waals surface area contributed by atoms with Crippen LogP contribution in [0.5, 0.6) is 5.75 Å². The predicted octanol–water partition coefficient (Wildman–Crippen LogP) is 1.24. The maximum atomic E-state index is 14.2. The van der Waals surface area contributed by atoms with Gasteiger partial charge in [-0.1, -0.05) is 18.2 Å². The van der Waals surface area contributed by atoms with Crippen molar-refractivity contribution in [2.24, 2.45) is 0 Å². The molecule has 1 aliphatic rings. The molecule has 45 heavy (non-hydrogen) atoms. The minimum atomic E-state index is -4.43. The van der Waals surface area contributed by atoms with Crippen molar-refractivity contribution in [1.82, 2.24) is 24.6 Å². The monoisotopic (exact) mass is 651 g/mol. The lowest BCUT2D eigenvalue weighted by Crippen LogP contribution is -2.44. The number of hydrogen-bond acceptors (Lipinski definition) is 15. The number of rotatable bonds is 14. The Morgan fingerprint density at radius 1 is 1.20 bits per heavy atom. The largest absolute Gasteiger partial charge is 0.466 e. The average molecular weight is 652 g/mol. The number of hydrogen-bond donors (Lipinski definition) is 5. The van der Waals surface area contributed by atoms with Crippen LogP contribution in [0.1, 0.15) is 45.9 Å². The summed E-state index contributed by atoms with van der Waals surface area (Å²) < 4.78 is 43.1. The van der Waals surface area contributed by atoms with Crippen LogP contribution in [-0.4, -0.2) is 85.3 Å². The number of nitrogen functional groups attached to an aromatic ring is 2. The van der Waals surface area contributed by atoms with Crippen LogP contribution in [0.2, 0.25) is 0 Å². The van der Waals surface area contributed by atoms with Gasteiger partial charge in [-0.05, 0) is 45.7 Å². The average Bonchev–Trinajstić information content (AvgIpc) is 3.49. The van der Waals surface area contributed by atoms with Crippen molar-refractivity contribution in [2.75, 3.05) is 31.3 Å². The zero-order chi connectivity index (χ0) is 32.9. The topological polar surface area (TPSA) is 245 Å². The highest BCUT2D eigenvalue weighted by atomic mass is 31.2. The summed E-state index contributed by atoms with van der Waals surface area (Å²) in [6.07, 6.45) is -2.53. The molecule has 0 saturated carbocycles. The lowest BCUT2D eigenvalue weighted by molar-refractivity contribution is -0.145. The molecule has 17 nitrogen and oxygen atoms in total. The van der Waals surface area contributed by atoms with Gasteiger partial charge in [-0.3, -0.25) is 18.7 Å². The van der Waals surface area contributed by atoms with E-state index in [9.17, 15) is 24.4 Å². The fourth-order valence-corrected chi connectivity index (χ4v) is 6.26. The van der Waals surface area contributed by atoms with E-state index in [2.05, 4.69) is 20.0 Å². The Morgan fingerprint density at radius 2 is 1.91 bits per heavy atom. The van der Waals surface area contributed by atoms with Gasteiger partial charge < -0.3 is 40.4 Å². The molecule has 7 N–H and O–H groups in total. The molecule has 1 saturated heterocycles. The zero-order valence-corrected chi connectivity index (χ0v) is 26.2. The molecule has 0 aliphatic carbocycles. The molecule has 1 unspecified atom stereocenters. The molecule has 4 rings (SSSR count). The SMILES string of the molecule is CCOC(=O)CCc1ccccc1OP(=O)(N[C@@H](C)C(=O)OCC)OC[C@H]1O[C@@H](n2cnc3c(N)nc(N)nc32)[C@@](C)(O)[C@H]1O. The number of anilines is 2. The van der Waals surface area contributed by atoms with Gasteiger partial charge in [0.15, 0.2) is 17.7 Å². The fourth-order valence-electron chi connectivity index (χ4n) is 4.72. The first-order valence-electron chi connectivity index (χ1n) is 14.2. The summed E-state index contributed by atoms with van der Waals surface area (Å²) in [5.41, 5.74) is 10.6. The minimum Gasteiger partial charge on any atom is -0.466 e. The van der Waals surface area contributed by atoms with Crippen molar-refractivity contribution >= 4 is 42.6 Å². The number of aryl methyl sites for hydroxylation is 1. The highest BCUT2D eigenvalue weighted by molar-refractivity contribution is 7.52. The van der Waals surface area contributed by atoms with Gasteiger partial charge in [0.05, 0.1) is 26.1 Å². The first-order valence-corrected chi connectivity index (χ1v) is 15.8. The second-order valence-electron chi connectivity index (χ2n) is 10.4. The molecule has 246 valence electrons. The molecule has 0 spiro atoms. The van der Waals surface area contributed by atoms with Crippen LogP contribution in [0.3, 0.4) is 0 Å². The molecule has 6 atom stereocenters. The Kier molecular flexibility index (Phi) is 10.6. The smallest absolute Gasteiger partial charge is 0.459 e. The number of fused-ring (bicyclic) bond motifs is 1. The third-order valence-corrected chi connectivity index (χ3v) is 8.60. The Balaban J connectivity index is 1.57. The third kappa shape index (κ3) is 7.69. The molecule has 18 heteroatoms. The van der Waals surface area contributed by atoms with Crippen LogP contribution in [0, 0.1) is 0 Å². The number of aliphatic hydroxyl groups excluding tert-OH is 1. The number of carbonyl (C=O) groups excluding carboxylic acids is 2. The number of nitrogens with zero attached hydrogens (tertiary/aromatic N) is 4. The molecule has 3 aromatic rings. The van der Waals surface area contributed by atoms with Gasteiger partial charge in [-0.25, -0.2) is 9.55 Å². The number of aliphatic hydroxyl groups is 2. The summed E-state index contributed by atoms with van der Waals surface area (Å²) in [6, 6.07) is 5.41. The van der Waals surface area contributed by atoms with Crippen molar-refractivity contribution in [3.8, 4) is 5.75 Å². The van der Waals surface area contributed by atoms with E-state index in [0.29, 0.717) is 5.56 Å². The summed E-state index contributed by atoms with van der Waals surface area (Å²) in [6.45, 7) is 5.81. The van der Waals surface area contributed by atoms with Gasteiger partial charge >= 0.3 is 19.7 Å². The molecule has 0 bridgehead atoms. The summed E-state index contributed by atoms with van der Waals surface area (Å²) in [4.78, 5) is 36.5. The molecule has 1 aromatic carbocycles. The third-order valence-electron chi connectivity index (χ3n) is 6.97. The van der Waals surface area contributed by atoms with Gasteiger partial charge in [0, 0.05) is 6.42 Å². The fraction of sp³-hybridized carbons (Fsp3) is 0.519. The number of nitrogens with one attached hydrogen (secondary N) is 1. The van der Waals surface area contributed by atoms with Crippen molar-refractivity contribution < 1.29 is 47.6 Å². The van der Waals surface area contributed by atoms with Crippen molar-refractivity contribution in [3.63, 3.8) is 0 Å². The number of aromatic nitrogens is 4. The van der Waals surface area contributed by atoms with Gasteiger partial charge in [-0.15, -0.1) is 0 Å². The zero-order valence-electron chi connectivity index (χ0n) is 25.3. The maximum Gasteiger partial charge on any atom is 0.459 e. The normalized spacial score (nSPS) is 23.4. The van der Waals surface area contributed by atoms with E-state index in [4.69, 9.17) is 34.7 Å². The Hall–Kier alpha value is -3.86. The van der Waals surface area contributed by atoms with Gasteiger partial charge in [-0.2, -0.15) is 15.1 Å². The van der Waals surface area contributed by atoms with Crippen LogP contribution in [0.4, 0.5) is 11.8 Å². The Morgan fingerprint density at radius 3 is 2.62 bits per heavy atom. The molecular weight excluding hydrogens is 613 g/mol. The van der Waals surface area contributed by atoms with Crippen molar-refractivity contribution in [2.45, 2.75) is 70.6 Å². The van der Waals surface area contributed by atoms with Gasteiger partial charge in [0.25, 0.3) is 0 Å². The van der Waals surface area contributed by atoms with E-state index in [1.165, 1.54) is 30.8 Å². The maximum absolute atomic E-state index is 14.2.